The molecule has 23 rings (SSSR count). The molecule has 1 fully saturated rings. The van der Waals surface area contributed by atoms with E-state index in [2.05, 4.69) is 297 Å². The summed E-state index contributed by atoms with van der Waals surface area (Å²) in [7, 11) is 0.977. The number of carbonyl (C=O) groups excluding carboxylic acids is 1. The lowest BCUT2D eigenvalue weighted by Crippen LogP contribution is -2.41. The summed E-state index contributed by atoms with van der Waals surface area (Å²) in [5.74, 6) is 4.18. The third-order valence-corrected chi connectivity index (χ3v) is 25.9. The van der Waals surface area contributed by atoms with Crippen molar-refractivity contribution >= 4 is 41.8 Å². The second-order valence-corrected chi connectivity index (χ2v) is 34.9. The van der Waals surface area contributed by atoms with E-state index in [1.807, 2.05) is 152 Å². The number of ether oxygens (including phenoxy) is 1. The number of rotatable bonds is 16. The van der Waals surface area contributed by atoms with E-state index in [-0.39, 0.29) is 28.9 Å². The van der Waals surface area contributed by atoms with Gasteiger partial charge in [-0.3, -0.25) is 0 Å². The number of methoxy groups -OCH3 is 1. The summed E-state index contributed by atoms with van der Waals surface area (Å²) < 4.78 is 17.1. The number of carbonyl (C=O) groups is 1. The Bertz CT molecular complexity index is 7480. The van der Waals surface area contributed by atoms with Crippen molar-refractivity contribution in [1.29, 1.82) is 0 Å². The molecule has 0 N–H and O–H groups in total. The Morgan fingerprint density at radius 2 is 0.526 bits per heavy atom. The quantitative estimate of drug-likeness (QED) is 0.0502. The Labute approximate surface area is 805 Å². The molecule has 6 heterocycles. The van der Waals surface area contributed by atoms with E-state index in [4.69, 9.17) is 82.1 Å². The molecule has 16 nitrogen and oxygen atoms in total. The SMILES string of the molecule is CC1(C)OB(c2ccc(-c3ccc(-c4nc(-c5ccccc5)nc(-c5ccccc5)n4)cc3)cc2)OC1(C)C.COC(=O)c1ccccc1-c1cnc(Cl)nc1.Clc1ncc2c(n1)C(c1ccccc1)(c1ccccc1)c1ccccc1-2.c1ccc(-c2nc(-c3ccccc3)nc(-c3ccc(-c4ccc(-c5ncc6c(n5)C(c5ccccc5)(c5ccccc5)c5ccccc5-6)cc4)cc3)n2)cc1. The molecule has 0 amide bonds. The summed E-state index contributed by atoms with van der Waals surface area (Å²) in [5.41, 5.74) is 25.7. The summed E-state index contributed by atoms with van der Waals surface area (Å²) in [5, 5.41) is 0.442. The van der Waals surface area contributed by atoms with E-state index in [9.17, 15) is 4.79 Å². The van der Waals surface area contributed by atoms with Gasteiger partial charge in [0, 0.05) is 80.4 Å². The maximum Gasteiger partial charge on any atom is 0.494 e. The molecular formula is C118H87BCl2N12O4. The average Bonchev–Trinajstić information content (AvgIpc) is 1.54. The normalized spacial score (nSPS) is 13.4. The molecule has 0 atom stereocenters. The van der Waals surface area contributed by atoms with E-state index in [1.165, 1.54) is 46.1 Å². The lowest BCUT2D eigenvalue weighted by atomic mass is 9.69. The van der Waals surface area contributed by atoms with Crippen molar-refractivity contribution in [2.24, 2.45) is 0 Å². The van der Waals surface area contributed by atoms with Gasteiger partial charge in [0.25, 0.3) is 0 Å². The van der Waals surface area contributed by atoms with Gasteiger partial charge in [0.2, 0.25) is 10.6 Å². The highest BCUT2D eigenvalue weighted by molar-refractivity contribution is 6.62. The predicted octanol–water partition coefficient (Wildman–Crippen LogP) is 26.3. The zero-order valence-electron chi connectivity index (χ0n) is 75.4. The largest absolute Gasteiger partial charge is 0.494 e. The van der Waals surface area contributed by atoms with Crippen molar-refractivity contribution in [3.8, 4) is 135 Å². The van der Waals surface area contributed by atoms with Crippen LogP contribution in [0.25, 0.3) is 135 Å². The van der Waals surface area contributed by atoms with Gasteiger partial charge in [-0.15, -0.1) is 0 Å². The van der Waals surface area contributed by atoms with Crippen molar-refractivity contribution in [2.45, 2.75) is 49.7 Å². The van der Waals surface area contributed by atoms with Crippen LogP contribution >= 0.6 is 23.2 Å². The summed E-state index contributed by atoms with van der Waals surface area (Å²) in [4.78, 5) is 67.8. The Kier molecular flexibility index (Phi) is 25.0. The molecule has 0 spiro atoms. The minimum atomic E-state index is -0.573. The van der Waals surface area contributed by atoms with Gasteiger partial charge in [0.1, 0.15) is 0 Å². The average molecular weight is 1820 g/mol. The number of hydrogen-bond donors (Lipinski definition) is 0. The molecule has 0 saturated carbocycles. The molecule has 15 aromatic carbocycles. The fourth-order valence-electron chi connectivity index (χ4n) is 18.0. The molecule has 0 unspecified atom stereocenters. The van der Waals surface area contributed by atoms with Crippen LogP contribution in [0, 0.1) is 0 Å². The van der Waals surface area contributed by atoms with Gasteiger partial charge in [-0.1, -0.05) is 406 Å². The summed E-state index contributed by atoms with van der Waals surface area (Å²) in [6, 6.07) is 140. The smallest absolute Gasteiger partial charge is 0.465 e. The molecule has 1 saturated heterocycles. The summed E-state index contributed by atoms with van der Waals surface area (Å²) >= 11 is 11.9. The molecule has 660 valence electrons. The van der Waals surface area contributed by atoms with Crippen molar-refractivity contribution in [1.82, 2.24) is 59.8 Å². The Hall–Kier alpha value is -16.4. The maximum absolute atomic E-state index is 11.6. The lowest BCUT2D eigenvalue weighted by molar-refractivity contribution is 0.00578. The molecule has 5 aromatic heterocycles. The maximum atomic E-state index is 11.6. The molecule has 0 bridgehead atoms. The fourth-order valence-corrected chi connectivity index (χ4v) is 18.3. The molecule has 0 radical (unpaired) electrons. The lowest BCUT2D eigenvalue weighted by Gasteiger charge is -2.32. The number of fused-ring (bicyclic) bond motifs is 6. The van der Waals surface area contributed by atoms with Crippen LogP contribution in [0.4, 0.5) is 0 Å². The second kappa shape index (κ2) is 38.7. The summed E-state index contributed by atoms with van der Waals surface area (Å²) in [6.45, 7) is 8.28. The molecule has 19 heteroatoms. The standard InChI is InChI=1S/C50H33N5.C33H30BN3O2.C23H15ClN2.C12H9ClN2O2/c1-5-15-36(16-6-1)47-53-48(37-17-7-2-8-18-37)55-49(54-47)39-31-27-35(28-32-39)34-25-29-38(30-26-34)46-51-33-43-42-23-13-14-24-44(42)50(45(43)52-46,40-19-9-3-10-20-40)41-21-11-4-12-22-41;1-32(2)33(3,4)39-34(38-32)28-21-19-24(20-22-28)23-15-17-27(18-16-23)31-36-29(25-11-7-5-8-12-25)35-30(37-31)26-13-9-6-10-14-26;24-22-25-15-19-18-13-7-8-14-20(18)23(21(19)26-22,16-9-3-1-4-10-16)17-11-5-2-6-12-17;1-17-11(16)10-5-3-2-4-9(10)8-6-14-12(13)15-7-8/h1-33H;5-22H,1-4H3;1-15H;2-7H,1H3. The van der Waals surface area contributed by atoms with Crippen LogP contribution in [0.2, 0.25) is 10.6 Å². The van der Waals surface area contributed by atoms with Crippen molar-refractivity contribution in [2.75, 3.05) is 7.11 Å². The number of hydrogen-bond acceptors (Lipinski definition) is 16. The second-order valence-electron chi connectivity index (χ2n) is 34.2. The topological polar surface area (TPSA) is 199 Å². The van der Waals surface area contributed by atoms with E-state index in [0.29, 0.717) is 46.3 Å². The van der Waals surface area contributed by atoms with Crippen LogP contribution in [-0.2, 0) is 24.9 Å². The van der Waals surface area contributed by atoms with E-state index in [0.717, 1.165) is 106 Å². The molecule has 3 aliphatic rings. The van der Waals surface area contributed by atoms with Gasteiger partial charge >= 0.3 is 13.1 Å². The third kappa shape index (κ3) is 17.7. The number of aromatic nitrogens is 12. The first-order valence-corrected chi connectivity index (χ1v) is 45.8. The fraction of sp³-hybridized carbons (Fsp3) is 0.0763. The Balaban J connectivity index is 0.000000123. The van der Waals surface area contributed by atoms with Gasteiger partial charge in [0.15, 0.2) is 40.8 Å². The van der Waals surface area contributed by atoms with Gasteiger partial charge < -0.3 is 14.0 Å². The molecule has 1 aliphatic heterocycles. The van der Waals surface area contributed by atoms with E-state index < -0.39 is 16.8 Å². The summed E-state index contributed by atoms with van der Waals surface area (Å²) in [6.07, 6.45) is 6.98. The monoisotopic (exact) mass is 1820 g/mol. The Morgan fingerprint density at radius 3 is 0.876 bits per heavy atom. The number of nitrogens with zero attached hydrogens (tertiary/aromatic N) is 12. The first-order valence-electron chi connectivity index (χ1n) is 45.1. The van der Waals surface area contributed by atoms with Gasteiger partial charge in [-0.05, 0) is 135 Å². The third-order valence-electron chi connectivity index (χ3n) is 25.5. The van der Waals surface area contributed by atoms with Crippen LogP contribution in [-0.4, -0.2) is 91.2 Å². The molecule has 20 aromatic rings. The van der Waals surface area contributed by atoms with Crippen LogP contribution < -0.4 is 5.46 Å². The van der Waals surface area contributed by atoms with Crippen molar-refractivity contribution in [3.05, 3.63) is 498 Å². The van der Waals surface area contributed by atoms with E-state index >= 15 is 0 Å². The van der Waals surface area contributed by atoms with Crippen molar-refractivity contribution in [3.63, 3.8) is 0 Å². The zero-order valence-corrected chi connectivity index (χ0v) is 76.9. The first-order chi connectivity index (χ1) is 67.1. The predicted molar refractivity (Wildman–Crippen MR) is 545 cm³/mol. The minimum absolute atomic E-state index is 0.171. The van der Waals surface area contributed by atoms with Gasteiger partial charge in [-0.25, -0.2) is 64.6 Å². The van der Waals surface area contributed by atoms with Crippen LogP contribution in [0.3, 0.4) is 0 Å². The minimum Gasteiger partial charge on any atom is -0.465 e. The Morgan fingerprint density at radius 1 is 0.255 bits per heavy atom. The molecule has 2 aliphatic carbocycles. The molecule has 137 heavy (non-hydrogen) atoms. The van der Waals surface area contributed by atoms with E-state index in [1.54, 1.807) is 30.6 Å². The van der Waals surface area contributed by atoms with Crippen LogP contribution in [0.1, 0.15) is 82.8 Å². The first kappa shape index (κ1) is 88.5. The van der Waals surface area contributed by atoms with Crippen LogP contribution in [0.5, 0.6) is 0 Å². The number of benzene rings is 15. The van der Waals surface area contributed by atoms with Crippen molar-refractivity contribution < 1.29 is 18.8 Å². The number of halogens is 2. The number of esters is 1. The van der Waals surface area contributed by atoms with Crippen LogP contribution in [0.15, 0.2) is 437 Å². The van der Waals surface area contributed by atoms with Gasteiger partial charge in [0.05, 0.1) is 46.1 Å². The molecular weight excluding hydrogens is 1730 g/mol. The zero-order chi connectivity index (χ0) is 93.5. The highest BCUT2D eigenvalue weighted by atomic mass is 35.5. The highest BCUT2D eigenvalue weighted by Gasteiger charge is 2.53. The van der Waals surface area contributed by atoms with Gasteiger partial charge in [-0.2, -0.15) is 0 Å². The highest BCUT2D eigenvalue weighted by Crippen LogP contribution is 2.57.